The molecule has 0 saturated heterocycles. The number of anilines is 1. The normalized spacial score (nSPS) is 10.9. The van der Waals surface area contributed by atoms with E-state index in [1.807, 2.05) is 61.5 Å². The zero-order valence-electron chi connectivity index (χ0n) is 17.5. The summed E-state index contributed by atoms with van der Waals surface area (Å²) in [5, 5.41) is 3.64. The van der Waals surface area contributed by atoms with Crippen molar-refractivity contribution in [2.75, 3.05) is 5.32 Å². The van der Waals surface area contributed by atoms with E-state index >= 15 is 0 Å². The van der Waals surface area contributed by atoms with Gasteiger partial charge in [-0.2, -0.15) is 0 Å². The standard InChI is InChI=1S/C26H25N3O2/c1-19-9-7-13-22-25(19)27-18-29(26(22)31)16-8-15-24(30)28-23-14-6-5-12-21(23)17-20-10-3-2-4-11-20/h2-7,9-14,18H,8,15-17H2,1H3,(H,28,30). The summed E-state index contributed by atoms with van der Waals surface area (Å²) in [7, 11) is 0. The Balaban J connectivity index is 1.38. The molecule has 0 bridgehead atoms. The van der Waals surface area contributed by atoms with Crippen LogP contribution in [-0.2, 0) is 17.8 Å². The highest BCUT2D eigenvalue weighted by Crippen LogP contribution is 2.19. The summed E-state index contributed by atoms with van der Waals surface area (Å²) in [6, 6.07) is 23.7. The SMILES string of the molecule is Cc1cccc2c(=O)n(CCCC(=O)Nc3ccccc3Cc3ccccc3)cnc12. The molecule has 31 heavy (non-hydrogen) atoms. The van der Waals surface area contributed by atoms with Crippen LogP contribution in [0.25, 0.3) is 10.9 Å². The number of amides is 1. The van der Waals surface area contributed by atoms with Gasteiger partial charge in [-0.1, -0.05) is 60.7 Å². The van der Waals surface area contributed by atoms with Crippen LogP contribution in [0, 0.1) is 6.92 Å². The number of benzene rings is 3. The summed E-state index contributed by atoms with van der Waals surface area (Å²) >= 11 is 0. The average Bonchev–Trinajstić information content (AvgIpc) is 2.78. The van der Waals surface area contributed by atoms with E-state index in [-0.39, 0.29) is 11.5 Å². The Morgan fingerprint density at radius 3 is 2.58 bits per heavy atom. The van der Waals surface area contributed by atoms with Crippen molar-refractivity contribution in [3.05, 3.63) is 106 Å². The monoisotopic (exact) mass is 411 g/mol. The van der Waals surface area contributed by atoms with Gasteiger partial charge < -0.3 is 5.32 Å². The van der Waals surface area contributed by atoms with Crippen molar-refractivity contribution in [1.29, 1.82) is 0 Å². The Hall–Kier alpha value is -3.73. The number of fused-ring (bicyclic) bond motifs is 1. The molecular formula is C26H25N3O2. The van der Waals surface area contributed by atoms with E-state index < -0.39 is 0 Å². The summed E-state index contributed by atoms with van der Waals surface area (Å²) in [4.78, 5) is 29.6. The molecule has 0 aliphatic heterocycles. The lowest BCUT2D eigenvalue weighted by Gasteiger charge is -2.12. The van der Waals surface area contributed by atoms with Gasteiger partial charge in [-0.05, 0) is 48.6 Å². The number of nitrogens with zero attached hydrogens (tertiary/aromatic N) is 2. The number of aryl methyl sites for hydroxylation is 2. The van der Waals surface area contributed by atoms with E-state index in [4.69, 9.17) is 0 Å². The molecule has 4 aromatic rings. The van der Waals surface area contributed by atoms with Crippen molar-refractivity contribution >= 4 is 22.5 Å². The minimum atomic E-state index is -0.0673. The van der Waals surface area contributed by atoms with Crippen molar-refractivity contribution in [2.45, 2.75) is 32.7 Å². The van der Waals surface area contributed by atoms with Crippen molar-refractivity contribution in [3.8, 4) is 0 Å². The van der Waals surface area contributed by atoms with Crippen LogP contribution >= 0.6 is 0 Å². The third-order valence-electron chi connectivity index (χ3n) is 5.39. The van der Waals surface area contributed by atoms with E-state index in [0.717, 1.165) is 28.8 Å². The molecule has 1 amide bonds. The fourth-order valence-corrected chi connectivity index (χ4v) is 3.73. The third-order valence-corrected chi connectivity index (χ3v) is 5.39. The van der Waals surface area contributed by atoms with Crippen LogP contribution in [0.4, 0.5) is 5.69 Å². The number of aromatic nitrogens is 2. The molecule has 0 unspecified atom stereocenters. The smallest absolute Gasteiger partial charge is 0.261 e. The van der Waals surface area contributed by atoms with E-state index in [0.29, 0.717) is 24.8 Å². The lowest BCUT2D eigenvalue weighted by Crippen LogP contribution is -2.22. The predicted molar refractivity (Wildman–Crippen MR) is 124 cm³/mol. The third kappa shape index (κ3) is 4.89. The first-order valence-electron chi connectivity index (χ1n) is 10.5. The summed E-state index contributed by atoms with van der Waals surface area (Å²) in [6.45, 7) is 2.40. The van der Waals surface area contributed by atoms with Gasteiger partial charge in [0.2, 0.25) is 5.91 Å². The largest absolute Gasteiger partial charge is 0.326 e. The van der Waals surface area contributed by atoms with Gasteiger partial charge in [0.1, 0.15) is 0 Å². The van der Waals surface area contributed by atoms with Crippen LogP contribution in [0.2, 0.25) is 0 Å². The van der Waals surface area contributed by atoms with Gasteiger partial charge in [-0.25, -0.2) is 4.98 Å². The molecule has 0 spiro atoms. The summed E-state index contributed by atoms with van der Waals surface area (Å²) in [5.41, 5.74) is 4.75. The van der Waals surface area contributed by atoms with Crippen LogP contribution in [0.1, 0.15) is 29.5 Å². The number of rotatable bonds is 7. The van der Waals surface area contributed by atoms with Gasteiger partial charge in [0.05, 0.1) is 17.2 Å². The maximum Gasteiger partial charge on any atom is 0.261 e. The summed E-state index contributed by atoms with van der Waals surface area (Å²) < 4.78 is 1.58. The Morgan fingerprint density at radius 2 is 1.74 bits per heavy atom. The first kappa shape index (κ1) is 20.5. The lowest BCUT2D eigenvalue weighted by molar-refractivity contribution is -0.116. The minimum absolute atomic E-state index is 0.0573. The summed E-state index contributed by atoms with van der Waals surface area (Å²) in [6.07, 6.45) is 3.23. The van der Waals surface area contributed by atoms with Gasteiger partial charge in [0.15, 0.2) is 0 Å². The maximum atomic E-state index is 12.7. The zero-order valence-corrected chi connectivity index (χ0v) is 17.5. The topological polar surface area (TPSA) is 64.0 Å². The molecule has 0 saturated carbocycles. The summed E-state index contributed by atoms with van der Waals surface area (Å²) in [5.74, 6) is -0.0573. The van der Waals surface area contributed by atoms with E-state index in [1.165, 1.54) is 5.56 Å². The highest BCUT2D eigenvalue weighted by atomic mass is 16.1. The van der Waals surface area contributed by atoms with Crippen molar-refractivity contribution in [2.24, 2.45) is 0 Å². The molecule has 156 valence electrons. The van der Waals surface area contributed by atoms with E-state index in [9.17, 15) is 9.59 Å². The van der Waals surface area contributed by atoms with Crippen molar-refractivity contribution in [3.63, 3.8) is 0 Å². The molecule has 0 aliphatic carbocycles. The lowest BCUT2D eigenvalue weighted by atomic mass is 10.0. The Bertz CT molecular complexity index is 1260. The molecule has 3 aromatic carbocycles. The van der Waals surface area contributed by atoms with Gasteiger partial charge >= 0.3 is 0 Å². The number of nitrogens with one attached hydrogen (secondary N) is 1. The fourth-order valence-electron chi connectivity index (χ4n) is 3.73. The molecule has 4 rings (SSSR count). The first-order chi connectivity index (χ1) is 15.1. The molecule has 0 atom stereocenters. The minimum Gasteiger partial charge on any atom is -0.326 e. The second kappa shape index (κ2) is 9.39. The van der Waals surface area contributed by atoms with Gasteiger partial charge in [-0.3, -0.25) is 14.2 Å². The number of hydrogen-bond acceptors (Lipinski definition) is 3. The average molecular weight is 412 g/mol. The molecule has 5 nitrogen and oxygen atoms in total. The van der Waals surface area contributed by atoms with E-state index in [1.54, 1.807) is 17.0 Å². The van der Waals surface area contributed by atoms with Gasteiger partial charge in [0.25, 0.3) is 5.56 Å². The van der Waals surface area contributed by atoms with Crippen LogP contribution in [-0.4, -0.2) is 15.5 Å². The van der Waals surface area contributed by atoms with E-state index in [2.05, 4.69) is 22.4 Å². The van der Waals surface area contributed by atoms with Gasteiger partial charge in [0, 0.05) is 18.7 Å². The molecule has 1 N–H and O–H groups in total. The van der Waals surface area contributed by atoms with Crippen LogP contribution in [0.3, 0.4) is 0 Å². The number of carbonyl (C=O) groups excluding carboxylic acids is 1. The van der Waals surface area contributed by atoms with Crippen LogP contribution in [0.15, 0.2) is 83.9 Å². The predicted octanol–water partition coefficient (Wildman–Crippen LogP) is 4.71. The number of para-hydroxylation sites is 2. The van der Waals surface area contributed by atoms with Crippen molar-refractivity contribution < 1.29 is 4.79 Å². The van der Waals surface area contributed by atoms with Crippen molar-refractivity contribution in [1.82, 2.24) is 9.55 Å². The Kier molecular flexibility index (Phi) is 6.22. The molecule has 0 fully saturated rings. The van der Waals surface area contributed by atoms with Crippen LogP contribution < -0.4 is 10.9 Å². The quantitative estimate of drug-likeness (QED) is 0.479. The molecule has 1 heterocycles. The molecule has 0 aliphatic rings. The maximum absolute atomic E-state index is 12.7. The molecule has 0 radical (unpaired) electrons. The molecular weight excluding hydrogens is 386 g/mol. The molecule has 5 heteroatoms. The first-order valence-corrected chi connectivity index (χ1v) is 10.5. The second-order valence-corrected chi connectivity index (χ2v) is 7.69. The van der Waals surface area contributed by atoms with Crippen LogP contribution in [0.5, 0.6) is 0 Å². The Morgan fingerprint density at radius 1 is 0.968 bits per heavy atom. The zero-order chi connectivity index (χ0) is 21.6. The highest BCUT2D eigenvalue weighted by molar-refractivity contribution is 5.91. The number of hydrogen-bond donors (Lipinski definition) is 1. The number of carbonyl (C=O) groups is 1. The highest BCUT2D eigenvalue weighted by Gasteiger charge is 2.09. The second-order valence-electron chi connectivity index (χ2n) is 7.69. The molecule has 1 aromatic heterocycles. The fraction of sp³-hybridized carbons (Fsp3) is 0.192. The Labute approximate surface area is 181 Å². The van der Waals surface area contributed by atoms with Gasteiger partial charge in [-0.15, -0.1) is 0 Å².